The minimum absolute atomic E-state index is 0.0365. The van der Waals surface area contributed by atoms with Crippen molar-refractivity contribution >= 4 is 15.9 Å². The smallest absolute Gasteiger partial charge is 0.320 e. The minimum Gasteiger partial charge on any atom is -0.370 e. The Bertz CT molecular complexity index is 1220. The molecule has 4 aliphatic rings. The summed E-state index contributed by atoms with van der Waals surface area (Å²) in [4.78, 5) is 20.8. The fourth-order valence-electron chi connectivity index (χ4n) is 5.26. The highest BCUT2D eigenvalue weighted by atomic mass is 32.2. The molecule has 0 bridgehead atoms. The SMILES string of the molecule is CS(=O)(=O)c1ccc(COC2CN(C(=O)N3CC4(CC(n5cnc(C6CC6)n5)C4)C3)C2)c(F)c1. The number of hydrogen-bond donors (Lipinski definition) is 0. The highest BCUT2D eigenvalue weighted by Crippen LogP contribution is 2.54. The van der Waals surface area contributed by atoms with Gasteiger partial charge in [0.05, 0.1) is 36.7 Å². The standard InChI is InChI=1S/C23H28FN5O4S/c1-34(31,32)19-5-4-16(20(24)6-19)11-33-18-9-27(10-18)22(30)28-12-23(13-28)7-17(8-23)29-14-25-21(26-29)15-2-3-15/h4-6,14-15,17-18H,2-3,7-13H2,1H3. The molecule has 2 saturated carbocycles. The number of carbonyl (C=O) groups excluding carboxylic acids is 1. The van der Waals surface area contributed by atoms with E-state index in [2.05, 4.69) is 10.1 Å². The van der Waals surface area contributed by atoms with Gasteiger partial charge in [-0.1, -0.05) is 6.07 Å². The third-order valence-electron chi connectivity index (χ3n) is 7.55. The van der Waals surface area contributed by atoms with Gasteiger partial charge in [-0.05, 0) is 37.8 Å². The van der Waals surface area contributed by atoms with E-state index < -0.39 is 15.7 Å². The number of ether oxygens (including phenoxy) is 1. The van der Waals surface area contributed by atoms with Gasteiger partial charge in [0, 0.05) is 36.2 Å². The van der Waals surface area contributed by atoms with Gasteiger partial charge in [-0.2, -0.15) is 5.10 Å². The van der Waals surface area contributed by atoms with E-state index in [0.29, 0.717) is 30.6 Å². The molecule has 2 saturated heterocycles. The number of halogens is 1. The molecule has 4 fully saturated rings. The van der Waals surface area contributed by atoms with Crippen LogP contribution in [0.1, 0.15) is 49.0 Å². The van der Waals surface area contributed by atoms with Crippen LogP contribution in [-0.2, 0) is 21.2 Å². The summed E-state index contributed by atoms with van der Waals surface area (Å²) >= 11 is 0. The summed E-state index contributed by atoms with van der Waals surface area (Å²) in [5.74, 6) is 0.944. The monoisotopic (exact) mass is 489 g/mol. The number of carbonyl (C=O) groups is 1. The number of sulfone groups is 1. The number of benzene rings is 1. The van der Waals surface area contributed by atoms with Crippen molar-refractivity contribution in [2.75, 3.05) is 32.4 Å². The average Bonchev–Trinajstić information content (AvgIpc) is 3.43. The van der Waals surface area contributed by atoms with Crippen LogP contribution in [0, 0.1) is 11.2 Å². The average molecular weight is 490 g/mol. The third kappa shape index (κ3) is 3.98. The number of urea groups is 1. The van der Waals surface area contributed by atoms with Crippen molar-refractivity contribution in [3.8, 4) is 0 Å². The molecule has 34 heavy (non-hydrogen) atoms. The highest BCUT2D eigenvalue weighted by Gasteiger charge is 2.55. The Morgan fingerprint density at radius 3 is 2.59 bits per heavy atom. The lowest BCUT2D eigenvalue weighted by Crippen LogP contribution is -2.68. The van der Waals surface area contributed by atoms with Crippen LogP contribution in [0.3, 0.4) is 0 Å². The lowest BCUT2D eigenvalue weighted by Gasteiger charge is -2.59. The van der Waals surface area contributed by atoms with Crippen LogP contribution in [0.4, 0.5) is 9.18 Å². The molecule has 1 spiro atoms. The van der Waals surface area contributed by atoms with Crippen LogP contribution in [0.25, 0.3) is 0 Å². The zero-order valence-corrected chi connectivity index (χ0v) is 19.9. The van der Waals surface area contributed by atoms with Crippen LogP contribution in [0.15, 0.2) is 29.4 Å². The van der Waals surface area contributed by atoms with E-state index >= 15 is 0 Å². The van der Waals surface area contributed by atoms with Gasteiger partial charge in [-0.25, -0.2) is 27.3 Å². The quantitative estimate of drug-likeness (QED) is 0.618. The molecule has 0 atom stereocenters. The van der Waals surface area contributed by atoms with E-state index in [-0.39, 0.29) is 29.1 Å². The topological polar surface area (TPSA) is 97.6 Å². The van der Waals surface area contributed by atoms with Gasteiger partial charge in [0.25, 0.3) is 0 Å². The summed E-state index contributed by atoms with van der Waals surface area (Å²) in [5, 5.41) is 4.64. The first-order valence-electron chi connectivity index (χ1n) is 11.7. The molecule has 2 aliphatic carbocycles. The number of aromatic nitrogens is 3. The molecule has 6 rings (SSSR count). The fraction of sp³-hybridized carbons (Fsp3) is 0.609. The van der Waals surface area contributed by atoms with E-state index in [4.69, 9.17) is 4.74 Å². The Morgan fingerprint density at radius 2 is 1.94 bits per heavy atom. The molecular weight excluding hydrogens is 461 g/mol. The predicted molar refractivity (Wildman–Crippen MR) is 119 cm³/mol. The number of amides is 2. The zero-order valence-electron chi connectivity index (χ0n) is 19.1. The molecule has 2 aromatic rings. The number of hydrogen-bond acceptors (Lipinski definition) is 6. The van der Waals surface area contributed by atoms with E-state index in [1.54, 1.807) is 4.90 Å². The molecule has 0 unspecified atom stereocenters. The second-order valence-corrected chi connectivity index (χ2v) is 12.4. The molecular formula is C23H28FN5O4S. The number of nitrogens with zero attached hydrogens (tertiary/aromatic N) is 5. The number of likely N-dealkylation sites (tertiary alicyclic amines) is 2. The van der Waals surface area contributed by atoms with Crippen molar-refractivity contribution in [1.82, 2.24) is 24.6 Å². The third-order valence-corrected chi connectivity index (χ3v) is 8.66. The van der Waals surface area contributed by atoms with Gasteiger partial charge in [-0.3, -0.25) is 0 Å². The largest absolute Gasteiger partial charge is 0.370 e. The normalized spacial score (nSPS) is 22.4. The maximum absolute atomic E-state index is 14.2. The Labute approximate surface area is 197 Å². The molecule has 3 heterocycles. The molecule has 1 aromatic heterocycles. The van der Waals surface area contributed by atoms with Crippen LogP contribution in [0.5, 0.6) is 0 Å². The van der Waals surface area contributed by atoms with Gasteiger partial charge >= 0.3 is 6.03 Å². The minimum atomic E-state index is -3.45. The first kappa shape index (κ1) is 22.0. The molecule has 9 nitrogen and oxygen atoms in total. The van der Waals surface area contributed by atoms with E-state index in [1.807, 2.05) is 15.9 Å². The molecule has 2 amide bonds. The van der Waals surface area contributed by atoms with E-state index in [9.17, 15) is 17.6 Å². The van der Waals surface area contributed by atoms with E-state index in [1.165, 1.54) is 25.0 Å². The van der Waals surface area contributed by atoms with Gasteiger partial charge in [-0.15, -0.1) is 0 Å². The van der Waals surface area contributed by atoms with Gasteiger partial charge in [0.1, 0.15) is 12.1 Å². The van der Waals surface area contributed by atoms with Crippen molar-refractivity contribution in [1.29, 1.82) is 0 Å². The Hall–Kier alpha value is -2.53. The summed E-state index contributed by atoms with van der Waals surface area (Å²) in [6, 6.07) is 4.27. The van der Waals surface area contributed by atoms with Crippen LogP contribution in [0.2, 0.25) is 0 Å². The maximum atomic E-state index is 14.2. The Morgan fingerprint density at radius 1 is 1.21 bits per heavy atom. The predicted octanol–water partition coefficient (Wildman–Crippen LogP) is 2.36. The van der Waals surface area contributed by atoms with E-state index in [0.717, 1.165) is 44.1 Å². The molecule has 182 valence electrons. The second kappa shape index (κ2) is 7.74. The van der Waals surface area contributed by atoms with Crippen LogP contribution >= 0.6 is 0 Å². The lowest BCUT2D eigenvalue weighted by molar-refractivity contribution is -0.0925. The number of rotatable bonds is 6. The van der Waals surface area contributed by atoms with Gasteiger partial charge in [0.15, 0.2) is 15.7 Å². The summed E-state index contributed by atoms with van der Waals surface area (Å²) in [6.45, 7) is 2.58. The summed E-state index contributed by atoms with van der Waals surface area (Å²) in [7, 11) is -3.45. The first-order chi connectivity index (χ1) is 16.2. The van der Waals surface area contributed by atoms with Crippen molar-refractivity contribution in [2.45, 2.75) is 55.2 Å². The van der Waals surface area contributed by atoms with Gasteiger partial charge in [0.2, 0.25) is 0 Å². The fourth-order valence-corrected chi connectivity index (χ4v) is 5.89. The van der Waals surface area contributed by atoms with Crippen molar-refractivity contribution < 1.29 is 22.3 Å². The molecule has 0 radical (unpaired) electrons. The molecule has 0 N–H and O–H groups in total. The van der Waals surface area contributed by atoms with Crippen molar-refractivity contribution in [3.05, 3.63) is 41.7 Å². The first-order valence-corrected chi connectivity index (χ1v) is 13.6. The zero-order chi connectivity index (χ0) is 23.7. The summed E-state index contributed by atoms with van der Waals surface area (Å²) < 4.78 is 45.0. The van der Waals surface area contributed by atoms with Crippen molar-refractivity contribution in [2.24, 2.45) is 5.41 Å². The van der Waals surface area contributed by atoms with Crippen LogP contribution in [-0.4, -0.2) is 77.6 Å². The highest BCUT2D eigenvalue weighted by molar-refractivity contribution is 7.90. The Balaban J connectivity index is 0.927. The molecule has 1 aromatic carbocycles. The van der Waals surface area contributed by atoms with Gasteiger partial charge < -0.3 is 14.5 Å². The second-order valence-electron chi connectivity index (χ2n) is 10.4. The molecule has 11 heteroatoms. The van der Waals surface area contributed by atoms with Crippen molar-refractivity contribution in [3.63, 3.8) is 0 Å². The maximum Gasteiger partial charge on any atom is 0.320 e. The molecule has 2 aliphatic heterocycles. The lowest BCUT2D eigenvalue weighted by atomic mass is 9.61. The Kier molecular flexibility index (Phi) is 5.00. The summed E-state index contributed by atoms with van der Waals surface area (Å²) in [6.07, 6.45) is 7.25. The van der Waals surface area contributed by atoms with Crippen LogP contribution < -0.4 is 0 Å². The summed E-state index contributed by atoms with van der Waals surface area (Å²) in [5.41, 5.74) is 0.528.